The predicted octanol–water partition coefficient (Wildman–Crippen LogP) is 23.4. The summed E-state index contributed by atoms with van der Waals surface area (Å²) in [5.74, 6) is 0. The maximum absolute atomic E-state index is 3.98. The zero-order chi connectivity index (χ0) is 63.1. The van der Waals surface area contributed by atoms with Gasteiger partial charge in [-0.05, 0) is 170 Å². The van der Waals surface area contributed by atoms with Crippen LogP contribution in [0, 0.1) is 62.3 Å². The monoisotopic (exact) mass is 1160 g/mol. The maximum atomic E-state index is 3.98. The van der Waals surface area contributed by atoms with Crippen molar-refractivity contribution in [1.82, 2.24) is 15.0 Å². The van der Waals surface area contributed by atoms with Crippen LogP contribution in [0.3, 0.4) is 0 Å². The zero-order valence-corrected chi connectivity index (χ0v) is 53.3. The second kappa shape index (κ2) is 39.2. The molecule has 3 aromatic heterocycles. The van der Waals surface area contributed by atoms with E-state index in [2.05, 4.69) is 299 Å². The number of aryl methyl sites for hydroxylation is 9. The van der Waals surface area contributed by atoms with Crippen LogP contribution in [0.1, 0.15) is 50.2 Å². The lowest BCUT2D eigenvalue weighted by molar-refractivity contribution is 1.20. The van der Waals surface area contributed by atoms with Gasteiger partial charge in [-0.15, -0.1) is 0 Å². The summed E-state index contributed by atoms with van der Waals surface area (Å²) >= 11 is 0. The van der Waals surface area contributed by atoms with Gasteiger partial charge in [0.2, 0.25) is 0 Å². The third kappa shape index (κ3) is 26.3. The van der Waals surface area contributed by atoms with Crippen LogP contribution < -0.4 is 0 Å². The highest BCUT2D eigenvalue weighted by Crippen LogP contribution is 2.23. The molecule has 0 radical (unpaired) electrons. The van der Waals surface area contributed by atoms with Gasteiger partial charge in [-0.1, -0.05) is 313 Å². The first-order chi connectivity index (χ1) is 43.4. The van der Waals surface area contributed by atoms with Gasteiger partial charge in [-0.3, -0.25) is 15.0 Å². The number of nitrogens with zero attached hydrogens (tertiary/aromatic N) is 3. The number of benzene rings is 11. The SMILES string of the molecule is Cc1ccc(-c2ccccc2)cc1.Cc1ccc2ccccc2c1.Cc1cccc(-c2ccccc2)c1.Cc1cccc2ccccc12.Cc1ccccc1.Cc1ccccc1-c1ccccc1.Cc1ccccn1.Cc1cccnc1.Cc1ccncc1. The molecule has 3 nitrogen and oxygen atoms in total. The Morgan fingerprint density at radius 1 is 0.213 bits per heavy atom. The normalized spacial score (nSPS) is 9.63. The van der Waals surface area contributed by atoms with E-state index in [0.717, 1.165) is 5.69 Å². The van der Waals surface area contributed by atoms with Crippen molar-refractivity contribution in [2.45, 2.75) is 62.3 Å². The molecular formula is C86H85N3. The first kappa shape index (κ1) is 67.5. The van der Waals surface area contributed by atoms with Gasteiger partial charge in [0.25, 0.3) is 0 Å². The largest absolute Gasteiger partial charge is 0.265 e. The molecule has 0 fully saturated rings. The van der Waals surface area contributed by atoms with Crippen molar-refractivity contribution >= 4 is 21.5 Å². The third-order valence-electron chi connectivity index (χ3n) is 13.8. The van der Waals surface area contributed by atoms with E-state index in [1.807, 2.05) is 106 Å². The Labute approximate surface area is 531 Å². The minimum atomic E-state index is 1.07. The van der Waals surface area contributed by atoms with Gasteiger partial charge < -0.3 is 0 Å². The van der Waals surface area contributed by atoms with Crippen molar-refractivity contribution in [3.63, 3.8) is 0 Å². The van der Waals surface area contributed by atoms with Crippen molar-refractivity contribution < 1.29 is 0 Å². The number of hydrogen-bond donors (Lipinski definition) is 0. The molecule has 0 aliphatic carbocycles. The van der Waals surface area contributed by atoms with Crippen LogP contribution >= 0.6 is 0 Å². The molecule has 0 unspecified atom stereocenters. The van der Waals surface area contributed by atoms with Crippen molar-refractivity contribution in [1.29, 1.82) is 0 Å². The molecule has 0 bridgehead atoms. The second-order valence-electron chi connectivity index (χ2n) is 21.5. The van der Waals surface area contributed by atoms with Crippen molar-refractivity contribution in [2.75, 3.05) is 0 Å². The first-order valence-corrected chi connectivity index (χ1v) is 30.3. The van der Waals surface area contributed by atoms with Crippen molar-refractivity contribution in [3.05, 3.63) is 403 Å². The molecule has 0 spiro atoms. The van der Waals surface area contributed by atoms with Crippen LogP contribution in [-0.2, 0) is 0 Å². The average Bonchev–Trinajstić information content (AvgIpc) is 3.63. The van der Waals surface area contributed by atoms with Gasteiger partial charge in [0, 0.05) is 36.7 Å². The third-order valence-corrected chi connectivity index (χ3v) is 13.8. The summed E-state index contributed by atoms with van der Waals surface area (Å²) in [4.78, 5) is 11.7. The van der Waals surface area contributed by atoms with Crippen molar-refractivity contribution in [3.8, 4) is 33.4 Å². The topological polar surface area (TPSA) is 38.7 Å². The van der Waals surface area contributed by atoms with Gasteiger partial charge in [0.1, 0.15) is 0 Å². The Kier molecular flexibility index (Phi) is 29.7. The van der Waals surface area contributed by atoms with Crippen LogP contribution in [0.15, 0.2) is 353 Å². The summed E-state index contributed by atoms with van der Waals surface area (Å²) in [5.41, 5.74) is 19.2. The van der Waals surface area contributed by atoms with Gasteiger partial charge in [0.05, 0.1) is 0 Å². The smallest absolute Gasteiger partial charge is 0.0372 e. The molecule has 0 saturated carbocycles. The molecule has 89 heavy (non-hydrogen) atoms. The van der Waals surface area contributed by atoms with Gasteiger partial charge in [-0.2, -0.15) is 0 Å². The zero-order valence-electron chi connectivity index (χ0n) is 53.3. The van der Waals surface area contributed by atoms with Crippen LogP contribution in [0.25, 0.3) is 54.9 Å². The van der Waals surface area contributed by atoms with Gasteiger partial charge >= 0.3 is 0 Å². The molecule has 0 aliphatic rings. The molecule has 0 atom stereocenters. The Balaban J connectivity index is 0.000000161. The Bertz CT molecular complexity index is 3960. The molecule has 3 heteroatoms. The number of pyridine rings is 3. The van der Waals surface area contributed by atoms with E-state index in [1.165, 1.54) is 99.4 Å². The number of fused-ring (bicyclic) bond motifs is 2. The minimum Gasteiger partial charge on any atom is -0.265 e. The Morgan fingerprint density at radius 3 is 1.16 bits per heavy atom. The number of rotatable bonds is 3. The lowest BCUT2D eigenvalue weighted by Gasteiger charge is -2.04. The predicted molar refractivity (Wildman–Crippen MR) is 385 cm³/mol. The maximum Gasteiger partial charge on any atom is 0.0372 e. The van der Waals surface area contributed by atoms with Gasteiger partial charge in [-0.25, -0.2) is 0 Å². The highest BCUT2D eigenvalue weighted by Gasteiger charge is 1.99. The molecule has 0 amide bonds. The molecule has 444 valence electrons. The number of aromatic nitrogens is 3. The summed E-state index contributed by atoms with van der Waals surface area (Å²) in [6.45, 7) is 18.7. The van der Waals surface area contributed by atoms with Crippen LogP contribution in [0.2, 0.25) is 0 Å². The molecular weight excluding hydrogens is 1070 g/mol. The summed E-state index contributed by atoms with van der Waals surface area (Å²) < 4.78 is 0. The van der Waals surface area contributed by atoms with Crippen molar-refractivity contribution in [2.24, 2.45) is 0 Å². The van der Waals surface area contributed by atoms with E-state index in [9.17, 15) is 0 Å². The lowest BCUT2D eigenvalue weighted by Crippen LogP contribution is -1.80. The fraction of sp³-hybridized carbons (Fsp3) is 0.105. The first-order valence-electron chi connectivity index (χ1n) is 30.3. The summed E-state index contributed by atoms with van der Waals surface area (Å²) in [6, 6.07) is 111. The molecule has 0 aliphatic heterocycles. The minimum absolute atomic E-state index is 1.07. The van der Waals surface area contributed by atoms with E-state index < -0.39 is 0 Å². The fourth-order valence-electron chi connectivity index (χ4n) is 8.90. The molecule has 14 aromatic rings. The molecule has 3 heterocycles. The molecule has 0 N–H and O–H groups in total. The van der Waals surface area contributed by atoms with E-state index in [4.69, 9.17) is 0 Å². The Morgan fingerprint density at radius 2 is 0.652 bits per heavy atom. The van der Waals surface area contributed by atoms with E-state index in [-0.39, 0.29) is 0 Å². The van der Waals surface area contributed by atoms with E-state index in [1.54, 1.807) is 24.8 Å². The second-order valence-corrected chi connectivity index (χ2v) is 21.5. The average molecular weight is 1160 g/mol. The van der Waals surface area contributed by atoms with Crippen LogP contribution in [0.5, 0.6) is 0 Å². The standard InChI is InChI=1S/3C13H12.2C11H10.C7H8.3C6H7N/c1-11-7-5-6-10-13(11)12-8-3-2-4-9-12;1-11-6-5-9-13(10-11)12-7-3-2-4-8-12;1-11-7-9-13(10-8-11)12-5-3-2-4-6-12;1-9-5-4-7-10-6-2-3-8-11(9)10;1-9-6-7-10-4-2-3-5-11(10)8-9;1-7-5-3-2-4-6-7;1-6-2-4-7-5-3-6;1-6-3-2-4-7-5-6;1-6-4-2-3-5-7-6/h3*2-10H,1H3;2*2-8H,1H3;2-6H,1H3;3*2-5H,1H3. The summed E-state index contributed by atoms with van der Waals surface area (Å²) in [6.07, 6.45) is 8.97. The van der Waals surface area contributed by atoms with E-state index in [0.29, 0.717) is 0 Å². The van der Waals surface area contributed by atoms with Crippen LogP contribution in [-0.4, -0.2) is 15.0 Å². The highest BCUT2D eigenvalue weighted by atomic mass is 14.6. The lowest BCUT2D eigenvalue weighted by atomic mass is 10.0. The quantitative estimate of drug-likeness (QED) is 0.177. The fourth-order valence-corrected chi connectivity index (χ4v) is 8.90. The summed E-state index contributed by atoms with van der Waals surface area (Å²) in [7, 11) is 0. The van der Waals surface area contributed by atoms with E-state index >= 15 is 0 Å². The Hall–Kier alpha value is -10.6. The molecule has 11 aromatic carbocycles. The van der Waals surface area contributed by atoms with Gasteiger partial charge in [0.15, 0.2) is 0 Å². The number of hydrogen-bond acceptors (Lipinski definition) is 3. The highest BCUT2D eigenvalue weighted by molar-refractivity contribution is 5.85. The molecule has 0 saturated heterocycles. The van der Waals surface area contributed by atoms with Crippen LogP contribution in [0.4, 0.5) is 0 Å². The summed E-state index contributed by atoms with van der Waals surface area (Å²) in [5, 5.41) is 5.33. The molecule has 14 rings (SSSR count).